The Balaban J connectivity index is 1.44. The zero-order chi connectivity index (χ0) is 18.4. The molecule has 2 aliphatic rings. The third-order valence-corrected chi connectivity index (χ3v) is 5.45. The second-order valence-electron chi connectivity index (χ2n) is 7.54. The van der Waals surface area contributed by atoms with Gasteiger partial charge < -0.3 is 19.7 Å². The lowest BCUT2D eigenvalue weighted by molar-refractivity contribution is -0.141. The van der Waals surface area contributed by atoms with E-state index in [0.29, 0.717) is 12.5 Å². The third kappa shape index (κ3) is 4.98. The first kappa shape index (κ1) is 19.2. The van der Waals surface area contributed by atoms with Crippen molar-refractivity contribution in [2.75, 3.05) is 38.2 Å². The van der Waals surface area contributed by atoms with E-state index >= 15 is 0 Å². The van der Waals surface area contributed by atoms with Crippen LogP contribution in [-0.2, 0) is 9.53 Å². The van der Waals surface area contributed by atoms with E-state index in [2.05, 4.69) is 10.2 Å². The Bertz CT molecular complexity index is 579. The number of carbonyl (C=O) groups excluding carboxylic acids is 1. The molecule has 0 aromatic heterocycles. The van der Waals surface area contributed by atoms with Gasteiger partial charge in [0.25, 0.3) is 5.91 Å². The van der Waals surface area contributed by atoms with E-state index in [1.807, 2.05) is 38.1 Å². The first-order valence-electron chi connectivity index (χ1n) is 10.0. The molecule has 1 aliphatic carbocycles. The number of amides is 1. The Morgan fingerprint density at radius 1 is 1.23 bits per heavy atom. The summed E-state index contributed by atoms with van der Waals surface area (Å²) in [7, 11) is 0. The number of likely N-dealkylation sites (tertiary alicyclic amines) is 1. The molecule has 1 saturated carbocycles. The highest BCUT2D eigenvalue weighted by molar-refractivity contribution is 5.97. The van der Waals surface area contributed by atoms with Gasteiger partial charge in [0, 0.05) is 18.8 Å². The van der Waals surface area contributed by atoms with Crippen molar-refractivity contribution >= 4 is 11.6 Å². The standard InChI is InChI=1S/C21H32N2O3/c1-3-26-21(2,17-7-8-17)20(24)22-18-9-11-19(12-10-18)25-16-6-15-23-13-4-5-14-23/h9-12,17H,3-8,13-16H2,1-2H3,(H,22,24)/t21-/m0/s1. The summed E-state index contributed by atoms with van der Waals surface area (Å²) in [6.45, 7) is 8.69. The number of hydrogen-bond donors (Lipinski definition) is 1. The largest absolute Gasteiger partial charge is 0.494 e. The maximum absolute atomic E-state index is 12.7. The third-order valence-electron chi connectivity index (χ3n) is 5.45. The van der Waals surface area contributed by atoms with Crippen molar-refractivity contribution in [3.8, 4) is 5.75 Å². The maximum atomic E-state index is 12.7. The van der Waals surface area contributed by atoms with E-state index < -0.39 is 5.60 Å². The highest BCUT2D eigenvalue weighted by Gasteiger charge is 2.48. The van der Waals surface area contributed by atoms with Gasteiger partial charge >= 0.3 is 0 Å². The second-order valence-corrected chi connectivity index (χ2v) is 7.54. The van der Waals surface area contributed by atoms with Gasteiger partial charge in [-0.25, -0.2) is 0 Å². The van der Waals surface area contributed by atoms with Crippen molar-refractivity contribution in [1.29, 1.82) is 0 Å². The molecule has 1 aliphatic heterocycles. The monoisotopic (exact) mass is 360 g/mol. The summed E-state index contributed by atoms with van der Waals surface area (Å²) < 4.78 is 11.6. The maximum Gasteiger partial charge on any atom is 0.256 e. The minimum Gasteiger partial charge on any atom is -0.494 e. The van der Waals surface area contributed by atoms with Crippen molar-refractivity contribution in [1.82, 2.24) is 4.90 Å². The van der Waals surface area contributed by atoms with Crippen LogP contribution in [0.3, 0.4) is 0 Å². The van der Waals surface area contributed by atoms with Crippen molar-refractivity contribution < 1.29 is 14.3 Å². The van der Waals surface area contributed by atoms with Gasteiger partial charge in [0.1, 0.15) is 11.4 Å². The number of rotatable bonds is 10. The van der Waals surface area contributed by atoms with Gasteiger partial charge in [-0.3, -0.25) is 4.79 Å². The number of benzene rings is 1. The molecule has 1 N–H and O–H groups in total. The topological polar surface area (TPSA) is 50.8 Å². The zero-order valence-corrected chi connectivity index (χ0v) is 16.1. The fourth-order valence-electron chi connectivity index (χ4n) is 3.68. The predicted octanol–water partition coefficient (Wildman–Crippen LogP) is 3.70. The van der Waals surface area contributed by atoms with Crippen LogP contribution in [0, 0.1) is 5.92 Å². The van der Waals surface area contributed by atoms with Gasteiger partial charge in [0.2, 0.25) is 0 Å². The summed E-state index contributed by atoms with van der Waals surface area (Å²) in [4.78, 5) is 15.2. The second kappa shape index (κ2) is 8.87. The molecule has 1 heterocycles. The minimum absolute atomic E-state index is 0.0545. The molecule has 1 amide bonds. The zero-order valence-electron chi connectivity index (χ0n) is 16.1. The quantitative estimate of drug-likeness (QED) is 0.647. The van der Waals surface area contributed by atoms with Crippen LogP contribution in [0.25, 0.3) is 0 Å². The molecule has 5 heteroatoms. The molecule has 3 rings (SSSR count). The predicted molar refractivity (Wildman–Crippen MR) is 104 cm³/mol. The summed E-state index contributed by atoms with van der Waals surface area (Å²) in [5, 5.41) is 2.99. The van der Waals surface area contributed by atoms with Crippen LogP contribution in [0.5, 0.6) is 5.75 Å². The number of carbonyl (C=O) groups is 1. The molecule has 0 spiro atoms. The Labute approximate surface area is 157 Å². The average Bonchev–Trinajstić information content (AvgIpc) is 3.38. The molecule has 2 fully saturated rings. The Kier molecular flexibility index (Phi) is 6.54. The summed E-state index contributed by atoms with van der Waals surface area (Å²) >= 11 is 0. The highest BCUT2D eigenvalue weighted by Crippen LogP contribution is 2.42. The van der Waals surface area contributed by atoms with Crippen LogP contribution in [-0.4, -0.2) is 49.3 Å². The molecule has 0 unspecified atom stereocenters. The molecule has 0 bridgehead atoms. The summed E-state index contributed by atoms with van der Waals surface area (Å²) in [6, 6.07) is 7.63. The van der Waals surface area contributed by atoms with Gasteiger partial charge in [0.15, 0.2) is 0 Å². The SMILES string of the molecule is CCO[C@](C)(C(=O)Nc1ccc(OCCCN2CCCC2)cc1)C1CC1. The van der Waals surface area contributed by atoms with Gasteiger partial charge in [-0.15, -0.1) is 0 Å². The van der Waals surface area contributed by atoms with E-state index in [1.54, 1.807) is 0 Å². The van der Waals surface area contributed by atoms with E-state index in [0.717, 1.165) is 43.9 Å². The van der Waals surface area contributed by atoms with Crippen LogP contribution in [0.1, 0.15) is 46.0 Å². The lowest BCUT2D eigenvalue weighted by Gasteiger charge is -2.28. The smallest absolute Gasteiger partial charge is 0.256 e. The lowest BCUT2D eigenvalue weighted by Crippen LogP contribution is -2.44. The van der Waals surface area contributed by atoms with E-state index in [1.165, 1.54) is 25.9 Å². The summed E-state index contributed by atoms with van der Waals surface area (Å²) in [5.74, 6) is 1.13. The van der Waals surface area contributed by atoms with E-state index in [4.69, 9.17) is 9.47 Å². The normalized spacial score (nSPS) is 19.9. The van der Waals surface area contributed by atoms with Crippen molar-refractivity contribution in [2.45, 2.75) is 51.6 Å². The molecule has 144 valence electrons. The minimum atomic E-state index is -0.723. The Hall–Kier alpha value is -1.59. The first-order valence-corrected chi connectivity index (χ1v) is 10.0. The molecule has 1 aromatic rings. The molecular weight excluding hydrogens is 328 g/mol. The van der Waals surface area contributed by atoms with Gasteiger partial charge in [0.05, 0.1) is 6.61 Å². The van der Waals surface area contributed by atoms with Crippen LogP contribution < -0.4 is 10.1 Å². The van der Waals surface area contributed by atoms with Crippen molar-refractivity contribution in [3.05, 3.63) is 24.3 Å². The molecule has 0 radical (unpaired) electrons. The number of nitrogens with one attached hydrogen (secondary N) is 1. The Morgan fingerprint density at radius 3 is 2.54 bits per heavy atom. The van der Waals surface area contributed by atoms with Crippen molar-refractivity contribution in [2.24, 2.45) is 5.92 Å². The van der Waals surface area contributed by atoms with Crippen LogP contribution in [0.15, 0.2) is 24.3 Å². The van der Waals surface area contributed by atoms with Crippen LogP contribution in [0.2, 0.25) is 0 Å². The number of ether oxygens (including phenoxy) is 2. The van der Waals surface area contributed by atoms with Gasteiger partial charge in [-0.2, -0.15) is 0 Å². The summed E-state index contributed by atoms with van der Waals surface area (Å²) in [6.07, 6.45) is 5.84. The molecule has 5 nitrogen and oxygen atoms in total. The lowest BCUT2D eigenvalue weighted by atomic mass is 9.99. The fourth-order valence-corrected chi connectivity index (χ4v) is 3.68. The summed E-state index contributed by atoms with van der Waals surface area (Å²) in [5.41, 5.74) is 0.0606. The molecule has 1 aromatic carbocycles. The average molecular weight is 360 g/mol. The van der Waals surface area contributed by atoms with Crippen LogP contribution >= 0.6 is 0 Å². The molecule has 1 atom stereocenters. The Morgan fingerprint density at radius 2 is 1.92 bits per heavy atom. The fraction of sp³-hybridized carbons (Fsp3) is 0.667. The highest BCUT2D eigenvalue weighted by atomic mass is 16.5. The van der Waals surface area contributed by atoms with Gasteiger partial charge in [-0.05, 0) is 89.2 Å². The first-order chi connectivity index (χ1) is 12.6. The van der Waals surface area contributed by atoms with E-state index in [9.17, 15) is 4.79 Å². The van der Waals surface area contributed by atoms with Crippen molar-refractivity contribution in [3.63, 3.8) is 0 Å². The number of nitrogens with zero attached hydrogens (tertiary/aromatic N) is 1. The van der Waals surface area contributed by atoms with Gasteiger partial charge in [-0.1, -0.05) is 0 Å². The number of anilines is 1. The number of hydrogen-bond acceptors (Lipinski definition) is 4. The van der Waals surface area contributed by atoms with E-state index in [-0.39, 0.29) is 5.91 Å². The molecule has 26 heavy (non-hydrogen) atoms. The molecular formula is C21H32N2O3. The molecule has 1 saturated heterocycles. The van der Waals surface area contributed by atoms with Crippen LogP contribution in [0.4, 0.5) is 5.69 Å².